The number of carbonyl (C=O) groups is 2. The van der Waals surface area contributed by atoms with Gasteiger partial charge in [0.15, 0.2) is 11.9 Å². The van der Waals surface area contributed by atoms with Crippen molar-refractivity contribution in [2.45, 2.75) is 68.0 Å². The number of nitrogens with two attached hydrogens (primary N) is 4. The molecule has 0 saturated carbocycles. The summed E-state index contributed by atoms with van der Waals surface area (Å²) in [4.78, 5) is 39.0. The van der Waals surface area contributed by atoms with Gasteiger partial charge in [0.1, 0.15) is 6.04 Å². The van der Waals surface area contributed by atoms with Crippen LogP contribution in [0, 0.1) is 0 Å². The van der Waals surface area contributed by atoms with Crippen molar-refractivity contribution in [2.24, 2.45) is 32.9 Å². The maximum Gasteiger partial charge on any atom is 0.245 e. The van der Waals surface area contributed by atoms with E-state index in [9.17, 15) is 9.59 Å². The first-order valence-corrected chi connectivity index (χ1v) is 15.1. The Balaban J connectivity index is 1.41. The molecule has 0 unspecified atom stereocenters. The molecule has 11 heteroatoms. The normalized spacial score (nSPS) is 20.9. The molecule has 0 bridgehead atoms. The highest BCUT2D eigenvalue weighted by Crippen LogP contribution is 2.38. The van der Waals surface area contributed by atoms with Crippen molar-refractivity contribution in [2.75, 3.05) is 26.2 Å². The molecule has 2 aliphatic rings. The number of unbranched alkanes of at least 4 members (excludes halogenated alkanes) is 2. The Morgan fingerprint density at radius 2 is 1.60 bits per heavy atom. The molecule has 216 valence electrons. The topological polar surface area (TPSA) is 169 Å². The van der Waals surface area contributed by atoms with Gasteiger partial charge in [0.05, 0.1) is 11.9 Å². The molecule has 3 atom stereocenters. The maximum absolute atomic E-state index is 13.7. The molecule has 2 amide bonds. The number of hydrogen-bond donors (Lipinski definition) is 4. The number of hydrogen-bond acceptors (Lipinski definition) is 5. The zero-order chi connectivity index (χ0) is 28.5. The smallest absolute Gasteiger partial charge is 0.245 e. The average molecular weight is 567 g/mol. The maximum atomic E-state index is 13.7. The van der Waals surface area contributed by atoms with Gasteiger partial charge in [0.25, 0.3) is 0 Å². The first-order valence-electron chi connectivity index (χ1n) is 14.2. The molecule has 0 aromatic heterocycles. The Bertz CT molecular complexity index is 1230. The molecule has 10 nitrogen and oxygen atoms in total. The van der Waals surface area contributed by atoms with E-state index in [1.54, 1.807) is 0 Å². The fraction of sp³-hybridized carbons (Fsp3) is 0.517. The van der Waals surface area contributed by atoms with E-state index in [1.807, 2.05) is 33.7 Å². The van der Waals surface area contributed by atoms with Crippen LogP contribution in [0.1, 0.15) is 50.5 Å². The molecule has 0 radical (unpaired) electrons. The number of benzene rings is 2. The average Bonchev–Trinajstić information content (AvgIpc) is 2.92. The summed E-state index contributed by atoms with van der Waals surface area (Å²) in [5.41, 5.74) is 23.0. The summed E-state index contributed by atoms with van der Waals surface area (Å²) >= 11 is 1.84. The van der Waals surface area contributed by atoms with Crippen LogP contribution < -0.4 is 22.9 Å². The molecule has 40 heavy (non-hydrogen) atoms. The molecule has 0 spiro atoms. The van der Waals surface area contributed by atoms with Crippen LogP contribution in [0.5, 0.6) is 0 Å². The lowest BCUT2D eigenvalue weighted by Crippen LogP contribution is -2.64. The molecule has 2 aliphatic heterocycles. The van der Waals surface area contributed by atoms with Gasteiger partial charge in [0.2, 0.25) is 11.8 Å². The summed E-state index contributed by atoms with van der Waals surface area (Å²) in [5, 5.41) is 2.60. The Labute approximate surface area is 240 Å². The van der Waals surface area contributed by atoms with Gasteiger partial charge in [-0.25, -0.2) is 0 Å². The minimum atomic E-state index is -0.481. The molecule has 2 heterocycles. The van der Waals surface area contributed by atoms with Gasteiger partial charge in [-0.2, -0.15) is 0 Å². The van der Waals surface area contributed by atoms with Crippen molar-refractivity contribution in [3.05, 3.63) is 48.0 Å². The quantitative estimate of drug-likeness (QED) is 0.163. The minimum absolute atomic E-state index is 0.0221. The highest BCUT2D eigenvalue weighted by atomic mass is 32.2. The van der Waals surface area contributed by atoms with Crippen LogP contribution >= 0.6 is 11.8 Å². The minimum Gasteiger partial charge on any atom is -0.370 e. The molecule has 2 aromatic carbocycles. The largest absolute Gasteiger partial charge is 0.370 e. The number of aliphatic imine (C=N–C) groups is 2. The Morgan fingerprint density at radius 3 is 2.35 bits per heavy atom. The lowest BCUT2D eigenvalue weighted by Gasteiger charge is -2.49. The first-order chi connectivity index (χ1) is 19.3. The van der Waals surface area contributed by atoms with E-state index in [0.717, 1.165) is 32.1 Å². The van der Waals surface area contributed by atoms with Crippen molar-refractivity contribution in [1.29, 1.82) is 0 Å². The van der Waals surface area contributed by atoms with Gasteiger partial charge in [-0.3, -0.25) is 19.6 Å². The lowest BCUT2D eigenvalue weighted by atomic mass is 10.0. The Morgan fingerprint density at radius 1 is 0.875 bits per heavy atom. The fourth-order valence-electron chi connectivity index (χ4n) is 5.56. The van der Waals surface area contributed by atoms with Crippen molar-refractivity contribution < 1.29 is 9.59 Å². The third-order valence-corrected chi connectivity index (χ3v) is 9.03. The predicted octanol–water partition coefficient (Wildman–Crippen LogP) is 2.14. The second-order valence-electron chi connectivity index (χ2n) is 10.6. The van der Waals surface area contributed by atoms with Crippen molar-refractivity contribution in [3.8, 4) is 0 Å². The summed E-state index contributed by atoms with van der Waals surface area (Å²) in [6, 6.07) is 14.3. The van der Waals surface area contributed by atoms with Crippen LogP contribution in [0.4, 0.5) is 0 Å². The summed E-state index contributed by atoms with van der Waals surface area (Å²) in [5.74, 6) is 0.256. The number of piperazine rings is 1. The highest BCUT2D eigenvalue weighted by Gasteiger charge is 2.46. The van der Waals surface area contributed by atoms with Crippen LogP contribution in [-0.4, -0.2) is 76.4 Å². The van der Waals surface area contributed by atoms with Crippen LogP contribution in [-0.2, 0) is 16.0 Å². The number of thioether (sulfide) groups is 1. The van der Waals surface area contributed by atoms with Gasteiger partial charge in [-0.1, -0.05) is 55.3 Å². The molecule has 2 aromatic rings. The van der Waals surface area contributed by atoms with Crippen molar-refractivity contribution in [1.82, 2.24) is 9.80 Å². The standard InChI is InChI=1S/C29H42N8O2S/c30-28(31)34-14-5-1-2-9-23-18-25(38)37-24(10-6-15-35-29(32)33)27(39)36(19-26(37)40-23)16-13-20-11-12-21-7-3-4-8-22(21)17-20/h3-4,7-8,11-12,17,23-24,26H,1-2,5-6,9-10,13-16,18-19H2,(H4,30,31,34)(H4,32,33,35)/t23-,24-,26-/m0/s1. The van der Waals surface area contributed by atoms with Crippen LogP contribution in [0.15, 0.2) is 52.4 Å². The number of fused-ring (bicyclic) bond motifs is 2. The van der Waals surface area contributed by atoms with Gasteiger partial charge >= 0.3 is 0 Å². The molecule has 0 aliphatic carbocycles. The van der Waals surface area contributed by atoms with Gasteiger partial charge < -0.3 is 32.7 Å². The molecule has 8 N–H and O–H groups in total. The SMILES string of the molecule is NC(N)=NCCCCC[C@H]1CC(=O)N2[C@H](CN(CCc3ccc4ccccc4c3)C(=O)[C@@H]2CCCN=C(N)N)S1. The van der Waals surface area contributed by atoms with Crippen molar-refractivity contribution >= 4 is 46.3 Å². The van der Waals surface area contributed by atoms with E-state index in [0.29, 0.717) is 45.4 Å². The molecular weight excluding hydrogens is 524 g/mol. The highest BCUT2D eigenvalue weighted by molar-refractivity contribution is 8.00. The second-order valence-corrected chi connectivity index (χ2v) is 12.0. The summed E-state index contributed by atoms with van der Waals surface area (Å²) in [6.07, 6.45) is 6.32. The van der Waals surface area contributed by atoms with E-state index < -0.39 is 6.04 Å². The predicted molar refractivity (Wildman–Crippen MR) is 164 cm³/mol. The fourth-order valence-corrected chi connectivity index (χ4v) is 7.21. The number of rotatable bonds is 13. The van der Waals surface area contributed by atoms with E-state index in [4.69, 9.17) is 22.9 Å². The molecule has 4 rings (SSSR count). The van der Waals surface area contributed by atoms with Gasteiger partial charge in [-0.15, -0.1) is 11.8 Å². The summed E-state index contributed by atoms with van der Waals surface area (Å²) in [6.45, 7) is 2.24. The summed E-state index contributed by atoms with van der Waals surface area (Å²) < 4.78 is 0. The van der Waals surface area contributed by atoms with Crippen LogP contribution in [0.3, 0.4) is 0 Å². The Kier molecular flexibility index (Phi) is 10.5. The summed E-state index contributed by atoms with van der Waals surface area (Å²) in [7, 11) is 0. The van der Waals surface area contributed by atoms with E-state index in [1.165, 1.54) is 16.3 Å². The monoisotopic (exact) mass is 566 g/mol. The number of nitrogens with zero attached hydrogens (tertiary/aromatic N) is 4. The van der Waals surface area contributed by atoms with Crippen LogP contribution in [0.25, 0.3) is 10.8 Å². The number of carbonyl (C=O) groups excluding carboxylic acids is 2. The third-order valence-electron chi connectivity index (χ3n) is 7.55. The molecule has 2 saturated heterocycles. The third kappa shape index (κ3) is 8.03. The lowest BCUT2D eigenvalue weighted by molar-refractivity contribution is -0.153. The van der Waals surface area contributed by atoms with Gasteiger partial charge in [-0.05, 0) is 48.4 Å². The zero-order valence-corrected chi connectivity index (χ0v) is 23.9. The van der Waals surface area contributed by atoms with E-state index in [-0.39, 0.29) is 34.4 Å². The van der Waals surface area contributed by atoms with E-state index >= 15 is 0 Å². The number of guanidine groups is 2. The van der Waals surface area contributed by atoms with Gasteiger partial charge in [0, 0.05) is 31.3 Å². The second kappa shape index (κ2) is 14.2. The van der Waals surface area contributed by atoms with Crippen LogP contribution in [0.2, 0.25) is 0 Å². The zero-order valence-electron chi connectivity index (χ0n) is 23.1. The Hall–Kier alpha value is -3.47. The molecular formula is C29H42N8O2S. The van der Waals surface area contributed by atoms with E-state index in [2.05, 4.69) is 40.3 Å². The molecule has 2 fully saturated rings. The number of amides is 2. The van der Waals surface area contributed by atoms with Crippen molar-refractivity contribution in [3.63, 3.8) is 0 Å². The first kappa shape index (κ1) is 29.5.